The van der Waals surface area contributed by atoms with Crippen LogP contribution in [0.1, 0.15) is 11.4 Å². The van der Waals surface area contributed by atoms with Crippen LogP contribution in [-0.2, 0) is 0 Å². The Morgan fingerprint density at radius 1 is 1.64 bits per heavy atom. The molecule has 0 spiro atoms. The lowest BCUT2D eigenvalue weighted by molar-refractivity contribution is 1.15. The van der Waals surface area contributed by atoms with Gasteiger partial charge in [0.15, 0.2) is 11.5 Å². The normalized spacial score (nSPS) is 8.18. The number of aromatic nitrogens is 2. The molecular weight excluding hydrogens is 140 g/mol. The molecule has 1 aromatic heterocycles. The van der Waals surface area contributed by atoms with Gasteiger partial charge < -0.3 is 5.73 Å². The van der Waals surface area contributed by atoms with Gasteiger partial charge in [-0.3, -0.25) is 0 Å². The molecule has 4 nitrogen and oxygen atoms in total. The lowest BCUT2D eigenvalue weighted by Gasteiger charge is -1.93. The summed E-state index contributed by atoms with van der Waals surface area (Å²) in [7, 11) is 0. The molecule has 2 N–H and O–H groups in total. The van der Waals surface area contributed by atoms with Crippen molar-refractivity contribution in [1.82, 2.24) is 9.97 Å². The fourth-order valence-electron chi connectivity index (χ4n) is 0.550. The highest BCUT2D eigenvalue weighted by Gasteiger charge is 2.00. The molecule has 1 rings (SSSR count). The minimum Gasteiger partial charge on any atom is -0.381 e. The van der Waals surface area contributed by atoms with Gasteiger partial charge in [0.1, 0.15) is 11.8 Å². The predicted molar refractivity (Wildman–Crippen MR) is 39.1 cm³/mol. The Morgan fingerprint density at radius 2 is 2.36 bits per heavy atom. The molecule has 0 saturated heterocycles. The summed E-state index contributed by atoms with van der Waals surface area (Å²) < 4.78 is 0. The first kappa shape index (κ1) is 7.04. The first-order valence-corrected chi connectivity index (χ1v) is 2.77. The molecule has 1 heterocycles. The van der Waals surface area contributed by atoms with Crippen LogP contribution in [0.15, 0.2) is 6.20 Å². The van der Waals surface area contributed by atoms with E-state index in [0.29, 0.717) is 5.69 Å². The topological polar surface area (TPSA) is 75.6 Å². The first-order chi connectivity index (χ1) is 5.27. The zero-order valence-corrected chi connectivity index (χ0v) is 5.57. The summed E-state index contributed by atoms with van der Waals surface area (Å²) in [6.07, 6.45) is 6.36. The molecule has 0 bridgehead atoms. The minimum atomic E-state index is 0.0699. The Labute approximate surface area is 63.7 Å². The molecule has 1 aromatic rings. The molecule has 0 saturated carbocycles. The molecule has 0 aliphatic rings. The fraction of sp³-hybridized carbons (Fsp3) is 0. The first-order valence-electron chi connectivity index (χ1n) is 2.77. The molecule has 0 unspecified atom stereocenters. The molecule has 0 aliphatic heterocycles. The summed E-state index contributed by atoms with van der Waals surface area (Å²) >= 11 is 0. The average molecular weight is 144 g/mol. The number of nitriles is 1. The van der Waals surface area contributed by atoms with Crippen LogP contribution in [0.2, 0.25) is 0 Å². The minimum absolute atomic E-state index is 0.0699. The van der Waals surface area contributed by atoms with Crippen molar-refractivity contribution in [2.75, 3.05) is 5.73 Å². The van der Waals surface area contributed by atoms with Gasteiger partial charge in [0.05, 0.1) is 6.20 Å². The zero-order valence-electron chi connectivity index (χ0n) is 5.57. The van der Waals surface area contributed by atoms with E-state index < -0.39 is 0 Å². The third-order valence-electron chi connectivity index (χ3n) is 1.05. The Balaban J connectivity index is 3.29. The molecule has 0 atom stereocenters. The van der Waals surface area contributed by atoms with E-state index in [1.165, 1.54) is 6.20 Å². The molecular formula is C7H4N4. The third-order valence-corrected chi connectivity index (χ3v) is 1.05. The van der Waals surface area contributed by atoms with Crippen molar-refractivity contribution in [3.63, 3.8) is 0 Å². The lowest BCUT2D eigenvalue weighted by atomic mass is 10.4. The Kier molecular flexibility index (Phi) is 1.71. The van der Waals surface area contributed by atoms with Crippen molar-refractivity contribution in [2.45, 2.75) is 0 Å². The van der Waals surface area contributed by atoms with Gasteiger partial charge in [0.25, 0.3) is 0 Å². The summed E-state index contributed by atoms with van der Waals surface area (Å²) in [5.41, 5.74) is 5.68. The van der Waals surface area contributed by atoms with Crippen molar-refractivity contribution in [3.05, 3.63) is 17.6 Å². The second-order valence-electron chi connectivity index (χ2n) is 1.75. The Morgan fingerprint density at radius 3 is 2.91 bits per heavy atom. The fourth-order valence-corrected chi connectivity index (χ4v) is 0.550. The second-order valence-corrected chi connectivity index (χ2v) is 1.75. The predicted octanol–water partition coefficient (Wildman–Crippen LogP) is -0.0882. The van der Waals surface area contributed by atoms with Gasteiger partial charge in [-0.05, 0) is 5.92 Å². The van der Waals surface area contributed by atoms with Crippen LogP contribution in [-0.4, -0.2) is 9.97 Å². The van der Waals surface area contributed by atoms with E-state index in [0.717, 1.165) is 0 Å². The van der Waals surface area contributed by atoms with Crippen LogP contribution in [0.3, 0.4) is 0 Å². The number of nitrogen functional groups attached to an aromatic ring is 1. The van der Waals surface area contributed by atoms with Crippen molar-refractivity contribution in [3.8, 4) is 18.4 Å². The van der Waals surface area contributed by atoms with Crippen LogP contribution in [0, 0.1) is 23.7 Å². The maximum absolute atomic E-state index is 8.44. The number of anilines is 1. The van der Waals surface area contributed by atoms with E-state index >= 15 is 0 Å². The van der Waals surface area contributed by atoms with Crippen molar-refractivity contribution in [1.29, 1.82) is 5.26 Å². The quantitative estimate of drug-likeness (QED) is 0.516. The molecule has 0 aliphatic carbocycles. The summed E-state index contributed by atoms with van der Waals surface area (Å²) in [5.74, 6) is 2.35. The lowest BCUT2D eigenvalue weighted by Crippen LogP contribution is -1.98. The maximum atomic E-state index is 8.44. The molecule has 11 heavy (non-hydrogen) atoms. The number of rotatable bonds is 0. The number of nitrogens with zero attached hydrogens (tertiary/aromatic N) is 3. The molecule has 4 heteroatoms. The summed E-state index contributed by atoms with van der Waals surface area (Å²) in [6, 6.07) is 1.78. The van der Waals surface area contributed by atoms with E-state index in [1.807, 2.05) is 0 Å². The maximum Gasteiger partial charge on any atom is 0.184 e. The Hall–Kier alpha value is -2.07. The largest absolute Gasteiger partial charge is 0.381 e. The van der Waals surface area contributed by atoms with Crippen molar-refractivity contribution in [2.24, 2.45) is 0 Å². The summed E-state index contributed by atoms with van der Waals surface area (Å²) in [6.45, 7) is 0. The van der Waals surface area contributed by atoms with Crippen LogP contribution >= 0.6 is 0 Å². The number of hydrogen-bond acceptors (Lipinski definition) is 4. The van der Waals surface area contributed by atoms with Crippen LogP contribution in [0.5, 0.6) is 0 Å². The van der Waals surface area contributed by atoms with E-state index in [-0.39, 0.29) is 11.5 Å². The standard InChI is InChI=1S/C7H4N4/c1-2-5-4-10-7(9)6(3-8)11-5/h1,4H,(H2,9,10). The molecule has 0 amide bonds. The molecule has 0 fully saturated rings. The van der Waals surface area contributed by atoms with Crippen LogP contribution < -0.4 is 5.73 Å². The van der Waals surface area contributed by atoms with Gasteiger partial charge in [-0.25, -0.2) is 9.97 Å². The van der Waals surface area contributed by atoms with Crippen LogP contribution in [0.25, 0.3) is 0 Å². The summed E-state index contributed by atoms with van der Waals surface area (Å²) in [4.78, 5) is 7.40. The molecule has 0 aromatic carbocycles. The summed E-state index contributed by atoms with van der Waals surface area (Å²) in [5, 5.41) is 8.44. The van der Waals surface area contributed by atoms with E-state index in [2.05, 4.69) is 15.9 Å². The van der Waals surface area contributed by atoms with Gasteiger partial charge in [0, 0.05) is 0 Å². The highest BCUT2D eigenvalue weighted by Crippen LogP contribution is 2.02. The van der Waals surface area contributed by atoms with Gasteiger partial charge in [-0.1, -0.05) is 0 Å². The monoisotopic (exact) mass is 144 g/mol. The SMILES string of the molecule is C#Cc1cnc(N)c(C#N)n1. The van der Waals surface area contributed by atoms with Crippen LogP contribution in [0.4, 0.5) is 5.82 Å². The molecule has 0 radical (unpaired) electrons. The average Bonchev–Trinajstić information content (AvgIpc) is 2.05. The van der Waals surface area contributed by atoms with Crippen molar-refractivity contribution >= 4 is 5.82 Å². The van der Waals surface area contributed by atoms with E-state index in [1.54, 1.807) is 6.07 Å². The van der Waals surface area contributed by atoms with Gasteiger partial charge in [-0.2, -0.15) is 5.26 Å². The Bertz CT molecular complexity index is 356. The van der Waals surface area contributed by atoms with Gasteiger partial charge in [-0.15, -0.1) is 6.42 Å². The second kappa shape index (κ2) is 2.68. The highest BCUT2D eigenvalue weighted by atomic mass is 14.9. The number of nitrogens with two attached hydrogens (primary N) is 1. The highest BCUT2D eigenvalue weighted by molar-refractivity contribution is 5.44. The van der Waals surface area contributed by atoms with E-state index in [9.17, 15) is 0 Å². The van der Waals surface area contributed by atoms with Gasteiger partial charge >= 0.3 is 0 Å². The third kappa shape index (κ3) is 1.25. The van der Waals surface area contributed by atoms with E-state index in [4.69, 9.17) is 17.4 Å². The zero-order chi connectivity index (χ0) is 8.27. The number of terminal acetylenes is 1. The smallest absolute Gasteiger partial charge is 0.184 e. The molecule has 52 valence electrons. The number of hydrogen-bond donors (Lipinski definition) is 1. The van der Waals surface area contributed by atoms with Crippen molar-refractivity contribution < 1.29 is 0 Å². The van der Waals surface area contributed by atoms with Gasteiger partial charge in [0.2, 0.25) is 0 Å².